The van der Waals surface area contributed by atoms with Crippen molar-refractivity contribution in [2.24, 2.45) is 23.2 Å². The molecule has 1 amide bonds. The molecule has 4 atom stereocenters. The lowest BCUT2D eigenvalue weighted by Gasteiger charge is -2.45. The molecule has 4 saturated carbocycles. The van der Waals surface area contributed by atoms with Crippen LogP contribution in [0.4, 0.5) is 0 Å². The van der Waals surface area contributed by atoms with Gasteiger partial charge in [-0.3, -0.25) is 4.79 Å². The van der Waals surface area contributed by atoms with Crippen LogP contribution in [0.25, 0.3) is 0 Å². The van der Waals surface area contributed by atoms with Crippen molar-refractivity contribution in [2.45, 2.75) is 51.9 Å². The van der Waals surface area contributed by atoms with Gasteiger partial charge < -0.3 is 5.32 Å². The van der Waals surface area contributed by atoms with Crippen LogP contribution in [-0.2, 0) is 0 Å². The lowest BCUT2D eigenvalue weighted by atomic mass is 9.61. The number of rotatable bonds is 3. The third kappa shape index (κ3) is 2.68. The second-order valence-corrected chi connectivity index (χ2v) is 8.30. The van der Waals surface area contributed by atoms with E-state index < -0.39 is 0 Å². The van der Waals surface area contributed by atoms with Crippen molar-refractivity contribution in [2.75, 3.05) is 6.54 Å². The van der Waals surface area contributed by atoms with E-state index in [9.17, 15) is 4.79 Å². The summed E-state index contributed by atoms with van der Waals surface area (Å²) in [5, 5.41) is 3.26. The topological polar surface area (TPSA) is 29.1 Å². The molecule has 0 spiro atoms. The smallest absolute Gasteiger partial charge is 0.251 e. The van der Waals surface area contributed by atoms with Crippen LogP contribution in [0, 0.1) is 30.1 Å². The number of amides is 1. The average Bonchev–Trinajstić information content (AvgIpc) is 2.70. The van der Waals surface area contributed by atoms with Gasteiger partial charge in [0.2, 0.25) is 0 Å². The van der Waals surface area contributed by atoms with Crippen molar-refractivity contribution >= 4 is 5.91 Å². The average molecular weight is 297 g/mol. The Kier molecular flexibility index (Phi) is 3.51. The molecule has 1 aromatic carbocycles. The zero-order valence-electron chi connectivity index (χ0n) is 13.6. The predicted molar refractivity (Wildman–Crippen MR) is 88.7 cm³/mol. The third-order valence-electron chi connectivity index (χ3n) is 6.46. The molecule has 4 aliphatic rings. The molecule has 0 aliphatic heterocycles. The first kappa shape index (κ1) is 14.3. The zero-order chi connectivity index (χ0) is 15.2. The minimum absolute atomic E-state index is 0.105. The van der Waals surface area contributed by atoms with Crippen molar-refractivity contribution in [3.63, 3.8) is 0 Å². The molecule has 0 heterocycles. The van der Waals surface area contributed by atoms with Gasteiger partial charge >= 0.3 is 0 Å². The highest BCUT2D eigenvalue weighted by Gasteiger charge is 2.47. The molecule has 2 unspecified atom stereocenters. The summed E-state index contributed by atoms with van der Waals surface area (Å²) in [6.07, 6.45) is 9.83. The molecule has 118 valence electrons. The quantitative estimate of drug-likeness (QED) is 0.884. The largest absolute Gasteiger partial charge is 0.351 e. The van der Waals surface area contributed by atoms with Crippen LogP contribution in [0.3, 0.4) is 0 Å². The van der Waals surface area contributed by atoms with Gasteiger partial charge in [-0.05, 0) is 87.2 Å². The maximum Gasteiger partial charge on any atom is 0.251 e. The van der Waals surface area contributed by atoms with Gasteiger partial charge in [0.05, 0.1) is 0 Å². The normalized spacial score (nSPS) is 36.1. The number of carbonyl (C=O) groups excluding carboxylic acids is 1. The molecule has 0 radical (unpaired) electrons. The van der Waals surface area contributed by atoms with Crippen LogP contribution in [-0.4, -0.2) is 12.5 Å². The van der Waals surface area contributed by atoms with Gasteiger partial charge in [0, 0.05) is 12.1 Å². The van der Waals surface area contributed by atoms with Gasteiger partial charge in [-0.1, -0.05) is 17.7 Å². The summed E-state index contributed by atoms with van der Waals surface area (Å²) in [6.45, 7) is 2.94. The Labute approximate surface area is 133 Å². The Morgan fingerprint density at radius 1 is 1.09 bits per heavy atom. The number of nitrogens with one attached hydrogen (secondary N) is 1. The summed E-state index contributed by atoms with van der Waals surface area (Å²) < 4.78 is 0. The van der Waals surface area contributed by atoms with Gasteiger partial charge in [-0.15, -0.1) is 0 Å². The maximum atomic E-state index is 12.4. The van der Waals surface area contributed by atoms with Crippen molar-refractivity contribution < 1.29 is 4.79 Å². The van der Waals surface area contributed by atoms with E-state index in [1.807, 2.05) is 24.3 Å². The molecular formula is C20H27NO. The Balaban J connectivity index is 1.44. The van der Waals surface area contributed by atoms with Crippen molar-refractivity contribution in [3.05, 3.63) is 35.4 Å². The molecule has 0 saturated heterocycles. The molecule has 2 heteroatoms. The number of carbonyl (C=O) groups is 1. The number of benzene rings is 1. The second kappa shape index (κ2) is 5.40. The highest BCUT2D eigenvalue weighted by Crippen LogP contribution is 2.56. The van der Waals surface area contributed by atoms with E-state index in [4.69, 9.17) is 0 Å². The van der Waals surface area contributed by atoms with Crippen LogP contribution >= 0.6 is 0 Å². The summed E-state index contributed by atoms with van der Waals surface area (Å²) in [4.78, 5) is 12.4. The van der Waals surface area contributed by atoms with Crippen LogP contribution in [0.15, 0.2) is 24.3 Å². The second-order valence-electron chi connectivity index (χ2n) is 8.30. The monoisotopic (exact) mass is 297 g/mol. The van der Waals surface area contributed by atoms with Gasteiger partial charge in [0.1, 0.15) is 0 Å². The van der Waals surface area contributed by atoms with Crippen LogP contribution in [0.5, 0.6) is 0 Å². The fourth-order valence-electron chi connectivity index (χ4n) is 5.60. The van der Waals surface area contributed by atoms with Crippen molar-refractivity contribution in [1.82, 2.24) is 5.32 Å². The van der Waals surface area contributed by atoms with Gasteiger partial charge in [-0.2, -0.15) is 0 Å². The molecule has 4 bridgehead atoms. The first-order valence-electron chi connectivity index (χ1n) is 8.97. The van der Waals surface area contributed by atoms with E-state index in [-0.39, 0.29) is 5.91 Å². The number of fused-ring (bicyclic) bond motifs is 1. The molecule has 1 aromatic rings. The Bertz CT molecular complexity index is 548. The zero-order valence-corrected chi connectivity index (χ0v) is 13.6. The van der Waals surface area contributed by atoms with Gasteiger partial charge in [-0.25, -0.2) is 0 Å². The molecule has 2 nitrogen and oxygen atoms in total. The van der Waals surface area contributed by atoms with E-state index in [1.165, 1.54) is 50.5 Å². The van der Waals surface area contributed by atoms with E-state index >= 15 is 0 Å². The van der Waals surface area contributed by atoms with Gasteiger partial charge in [0.25, 0.3) is 5.91 Å². The van der Waals surface area contributed by atoms with Crippen molar-refractivity contribution in [3.8, 4) is 0 Å². The molecule has 0 aromatic heterocycles. The lowest BCUT2D eigenvalue weighted by Crippen LogP contribution is -2.42. The summed E-state index contributed by atoms with van der Waals surface area (Å²) in [6, 6.07) is 7.92. The first-order chi connectivity index (χ1) is 10.6. The van der Waals surface area contributed by atoms with Crippen LogP contribution < -0.4 is 5.32 Å². The summed E-state index contributed by atoms with van der Waals surface area (Å²) in [5.74, 6) is 2.97. The fraction of sp³-hybridized carbons (Fsp3) is 0.650. The molecule has 1 N–H and O–H groups in total. The molecular weight excluding hydrogens is 270 g/mol. The minimum Gasteiger partial charge on any atom is -0.351 e. The third-order valence-corrected chi connectivity index (χ3v) is 6.46. The lowest BCUT2D eigenvalue weighted by molar-refractivity contribution is 0.0614. The number of aryl methyl sites for hydroxylation is 1. The Morgan fingerprint density at radius 3 is 2.41 bits per heavy atom. The highest BCUT2D eigenvalue weighted by atomic mass is 16.1. The standard InChI is InChI=1S/C20H27NO/c1-14-2-4-18(5-3-14)19(22)21-13-20-7-6-15-8-16(11-20)10-17(9-15)12-20/h2-5,15-17H,6-13H2,1H3,(H,21,22)/t15?,16-,17+,20?. The fourth-order valence-corrected chi connectivity index (χ4v) is 5.60. The number of hydrogen-bond donors (Lipinski definition) is 1. The van der Waals surface area contributed by atoms with Crippen LogP contribution in [0.1, 0.15) is 60.9 Å². The Hall–Kier alpha value is -1.31. The predicted octanol–water partition coefficient (Wildman–Crippen LogP) is 4.33. The molecule has 4 aliphatic carbocycles. The molecule has 22 heavy (non-hydrogen) atoms. The van der Waals surface area contributed by atoms with Gasteiger partial charge in [0.15, 0.2) is 0 Å². The SMILES string of the molecule is Cc1ccc(C(=O)NCC23CCC4C[C@H](C[C@H](C4)C2)C3)cc1. The maximum absolute atomic E-state index is 12.4. The van der Waals surface area contributed by atoms with E-state index in [0.717, 1.165) is 29.9 Å². The summed E-state index contributed by atoms with van der Waals surface area (Å²) >= 11 is 0. The minimum atomic E-state index is 0.105. The van der Waals surface area contributed by atoms with E-state index in [2.05, 4.69) is 12.2 Å². The summed E-state index contributed by atoms with van der Waals surface area (Å²) in [5.41, 5.74) is 2.40. The Morgan fingerprint density at radius 2 is 1.73 bits per heavy atom. The highest BCUT2D eigenvalue weighted by molar-refractivity contribution is 5.94. The summed E-state index contributed by atoms with van der Waals surface area (Å²) in [7, 11) is 0. The van der Waals surface area contributed by atoms with Crippen LogP contribution in [0.2, 0.25) is 0 Å². The number of hydrogen-bond acceptors (Lipinski definition) is 1. The molecule has 5 rings (SSSR count). The first-order valence-corrected chi connectivity index (χ1v) is 8.97. The van der Waals surface area contributed by atoms with E-state index in [0.29, 0.717) is 5.41 Å². The molecule has 4 fully saturated rings. The van der Waals surface area contributed by atoms with Crippen molar-refractivity contribution in [1.29, 1.82) is 0 Å². The van der Waals surface area contributed by atoms with E-state index in [1.54, 1.807) is 0 Å².